The van der Waals surface area contributed by atoms with Crippen LogP contribution in [0, 0.1) is 11.3 Å². The molecule has 0 saturated heterocycles. The molecule has 25 heavy (non-hydrogen) atoms. The Morgan fingerprint density at radius 1 is 1.32 bits per heavy atom. The molecule has 1 rings (SSSR count). The van der Waals surface area contributed by atoms with Crippen molar-refractivity contribution in [2.24, 2.45) is 5.73 Å². The van der Waals surface area contributed by atoms with Crippen LogP contribution >= 0.6 is 0 Å². The van der Waals surface area contributed by atoms with Crippen molar-refractivity contribution < 1.29 is 9.53 Å². The molecule has 1 aromatic carbocycles. The molecule has 0 atom stereocenters. The van der Waals surface area contributed by atoms with Gasteiger partial charge in [0.05, 0.1) is 0 Å². The molecule has 0 bridgehead atoms. The lowest BCUT2D eigenvalue weighted by atomic mass is 10.1. The molecule has 0 radical (unpaired) electrons. The Morgan fingerprint density at radius 2 is 2.08 bits per heavy atom. The van der Waals surface area contributed by atoms with Gasteiger partial charge in [0, 0.05) is 39.0 Å². The van der Waals surface area contributed by atoms with E-state index in [9.17, 15) is 4.79 Å². The number of carbonyl (C=O) groups is 1. The minimum absolute atomic E-state index is 0.0573. The second-order valence-corrected chi connectivity index (χ2v) is 5.65. The summed E-state index contributed by atoms with van der Waals surface area (Å²) >= 11 is 0. The monoisotopic (exact) mass is 344 g/mol. The Kier molecular flexibility index (Phi) is 10.7. The summed E-state index contributed by atoms with van der Waals surface area (Å²) in [7, 11) is 0. The number of nitrogens with two attached hydrogens (primary N) is 1. The first kappa shape index (κ1) is 20.7. The molecule has 6 heteroatoms. The third-order valence-electron chi connectivity index (χ3n) is 3.54. The highest BCUT2D eigenvalue weighted by Gasteiger charge is 2.07. The van der Waals surface area contributed by atoms with E-state index >= 15 is 0 Å². The second kappa shape index (κ2) is 13.0. The molecule has 0 unspecified atom stereocenters. The fourth-order valence-corrected chi connectivity index (χ4v) is 2.11. The van der Waals surface area contributed by atoms with Gasteiger partial charge < -0.3 is 21.1 Å². The number of hydrogen-bond donors (Lipinski definition) is 3. The summed E-state index contributed by atoms with van der Waals surface area (Å²) in [5.41, 5.74) is 7.76. The fraction of sp³-hybridized carbons (Fsp3) is 0.474. The summed E-state index contributed by atoms with van der Waals surface area (Å²) < 4.78 is 5.42. The molecule has 0 saturated carbocycles. The predicted molar refractivity (Wildman–Crippen MR) is 98.2 cm³/mol. The molecular weight excluding hydrogens is 316 g/mol. The van der Waals surface area contributed by atoms with E-state index in [2.05, 4.69) is 17.6 Å². The van der Waals surface area contributed by atoms with Gasteiger partial charge in [0.1, 0.15) is 11.6 Å². The normalized spacial score (nSPS) is 11.0. The van der Waals surface area contributed by atoms with Crippen LogP contribution in [0.1, 0.15) is 37.3 Å². The van der Waals surface area contributed by atoms with Crippen molar-refractivity contribution in [3.63, 3.8) is 0 Å². The van der Waals surface area contributed by atoms with Crippen molar-refractivity contribution in [3.05, 3.63) is 47.2 Å². The molecule has 0 aliphatic heterocycles. The quantitative estimate of drug-likeness (QED) is 0.306. The molecule has 1 aromatic rings. The first-order valence-corrected chi connectivity index (χ1v) is 8.68. The molecular formula is C19H28N4O2. The van der Waals surface area contributed by atoms with Crippen LogP contribution in [0.3, 0.4) is 0 Å². The molecule has 0 aromatic heterocycles. The van der Waals surface area contributed by atoms with Crippen molar-refractivity contribution in [2.75, 3.05) is 19.8 Å². The predicted octanol–water partition coefficient (Wildman–Crippen LogP) is 1.97. The lowest BCUT2D eigenvalue weighted by Crippen LogP contribution is -2.27. The first-order chi connectivity index (χ1) is 12.2. The minimum atomic E-state index is -0.376. The maximum atomic E-state index is 12.0. The van der Waals surface area contributed by atoms with Gasteiger partial charge in [0.15, 0.2) is 0 Å². The zero-order valence-corrected chi connectivity index (χ0v) is 14.9. The number of ether oxygens (including phenoxy) is 1. The summed E-state index contributed by atoms with van der Waals surface area (Å²) in [4.78, 5) is 12.0. The second-order valence-electron chi connectivity index (χ2n) is 5.65. The van der Waals surface area contributed by atoms with Crippen molar-refractivity contribution in [1.82, 2.24) is 10.6 Å². The van der Waals surface area contributed by atoms with Crippen molar-refractivity contribution in [1.29, 1.82) is 5.26 Å². The molecule has 136 valence electrons. The average molecular weight is 344 g/mol. The van der Waals surface area contributed by atoms with E-state index < -0.39 is 0 Å². The van der Waals surface area contributed by atoms with E-state index in [0.29, 0.717) is 26.2 Å². The van der Waals surface area contributed by atoms with Gasteiger partial charge in [-0.2, -0.15) is 5.26 Å². The number of benzene rings is 1. The van der Waals surface area contributed by atoms with Gasteiger partial charge in [-0.25, -0.2) is 0 Å². The summed E-state index contributed by atoms with van der Waals surface area (Å²) in [5.74, 6) is -0.376. The van der Waals surface area contributed by atoms with Crippen molar-refractivity contribution in [3.8, 4) is 6.07 Å². The van der Waals surface area contributed by atoms with Crippen LogP contribution in [0.4, 0.5) is 0 Å². The van der Waals surface area contributed by atoms with Gasteiger partial charge in [0.25, 0.3) is 5.91 Å². The van der Waals surface area contributed by atoms with Crippen LogP contribution in [0.2, 0.25) is 0 Å². The number of amides is 1. The van der Waals surface area contributed by atoms with Crippen LogP contribution in [0.15, 0.2) is 36.0 Å². The van der Waals surface area contributed by atoms with Gasteiger partial charge in [-0.15, -0.1) is 0 Å². The molecule has 0 heterocycles. The Hall–Kier alpha value is -2.36. The van der Waals surface area contributed by atoms with Gasteiger partial charge in [-0.3, -0.25) is 4.79 Å². The molecule has 4 N–H and O–H groups in total. The number of nitrogens with one attached hydrogen (secondary N) is 2. The molecule has 0 aliphatic rings. The zero-order chi connectivity index (χ0) is 18.3. The van der Waals surface area contributed by atoms with Crippen LogP contribution in [-0.2, 0) is 22.6 Å². The SMILES string of the molecule is CCCCOCCCNC(=O)/C(C#N)=C\NCc1cccc(CN)c1. The van der Waals surface area contributed by atoms with Gasteiger partial charge in [-0.05, 0) is 24.0 Å². The van der Waals surface area contributed by atoms with Crippen molar-refractivity contribution >= 4 is 5.91 Å². The topological polar surface area (TPSA) is 100 Å². The number of unbranched alkanes of at least 4 members (excludes halogenated alkanes) is 1. The number of nitriles is 1. The standard InChI is InChI=1S/C19H28N4O2/c1-2-3-9-25-10-5-8-23-19(24)18(13-21)15-22-14-17-7-4-6-16(11-17)12-20/h4,6-7,11,15,22H,2-3,5,8-10,12,14,20H2,1H3,(H,23,24)/b18-15-. The minimum Gasteiger partial charge on any atom is -0.386 e. The number of nitrogens with zero attached hydrogens (tertiary/aromatic N) is 1. The number of rotatable bonds is 12. The summed E-state index contributed by atoms with van der Waals surface area (Å²) in [5, 5.41) is 14.8. The Balaban J connectivity index is 2.32. The molecule has 0 spiro atoms. The van der Waals surface area contributed by atoms with E-state index in [0.717, 1.165) is 37.0 Å². The van der Waals surface area contributed by atoms with Crippen LogP contribution in [0.5, 0.6) is 0 Å². The number of hydrogen-bond acceptors (Lipinski definition) is 5. The van der Waals surface area contributed by atoms with Crippen LogP contribution < -0.4 is 16.4 Å². The largest absolute Gasteiger partial charge is 0.386 e. The van der Waals surface area contributed by atoms with Crippen LogP contribution in [0.25, 0.3) is 0 Å². The lowest BCUT2D eigenvalue weighted by Gasteiger charge is -2.07. The average Bonchev–Trinajstić information content (AvgIpc) is 2.64. The molecule has 0 aliphatic carbocycles. The third kappa shape index (κ3) is 8.89. The van der Waals surface area contributed by atoms with E-state index in [1.165, 1.54) is 6.20 Å². The fourth-order valence-electron chi connectivity index (χ4n) is 2.11. The maximum Gasteiger partial charge on any atom is 0.263 e. The highest BCUT2D eigenvalue weighted by Crippen LogP contribution is 2.04. The van der Waals surface area contributed by atoms with Gasteiger partial charge in [0.2, 0.25) is 0 Å². The third-order valence-corrected chi connectivity index (χ3v) is 3.54. The van der Waals surface area contributed by atoms with E-state index in [-0.39, 0.29) is 11.5 Å². The van der Waals surface area contributed by atoms with Gasteiger partial charge in [-0.1, -0.05) is 37.6 Å². The lowest BCUT2D eigenvalue weighted by molar-refractivity contribution is -0.117. The summed E-state index contributed by atoms with van der Waals surface area (Å²) in [6.07, 6.45) is 4.33. The maximum absolute atomic E-state index is 12.0. The zero-order valence-electron chi connectivity index (χ0n) is 14.9. The van der Waals surface area contributed by atoms with E-state index in [1.54, 1.807) is 0 Å². The highest BCUT2D eigenvalue weighted by atomic mass is 16.5. The van der Waals surface area contributed by atoms with E-state index in [1.807, 2.05) is 30.3 Å². The first-order valence-electron chi connectivity index (χ1n) is 8.68. The van der Waals surface area contributed by atoms with Gasteiger partial charge >= 0.3 is 0 Å². The molecule has 1 amide bonds. The number of carbonyl (C=O) groups excluding carboxylic acids is 1. The molecule has 0 fully saturated rings. The summed E-state index contributed by atoms with van der Waals surface area (Å²) in [6, 6.07) is 9.76. The smallest absolute Gasteiger partial charge is 0.263 e. The molecule has 6 nitrogen and oxygen atoms in total. The Labute approximate surface area is 150 Å². The summed E-state index contributed by atoms with van der Waals surface area (Å²) in [6.45, 7) is 4.98. The van der Waals surface area contributed by atoms with Crippen LogP contribution in [-0.4, -0.2) is 25.7 Å². The Morgan fingerprint density at radius 3 is 2.80 bits per heavy atom. The highest BCUT2D eigenvalue weighted by molar-refractivity contribution is 5.97. The van der Waals surface area contributed by atoms with E-state index in [4.69, 9.17) is 15.7 Å². The Bertz CT molecular complexity index is 593. The van der Waals surface area contributed by atoms with Crippen molar-refractivity contribution in [2.45, 2.75) is 39.3 Å².